The highest BCUT2D eigenvalue weighted by Gasteiger charge is 2.26. The number of carbonyl (C=O) groups excluding carboxylic acids is 1. The van der Waals surface area contributed by atoms with Crippen LogP contribution in [-0.4, -0.2) is 32.7 Å². The number of benzene rings is 2. The van der Waals surface area contributed by atoms with Crippen LogP contribution >= 0.6 is 0 Å². The van der Waals surface area contributed by atoms with E-state index < -0.39 is 22.0 Å². The van der Waals surface area contributed by atoms with Gasteiger partial charge in [0.2, 0.25) is 0 Å². The normalized spacial score (nSPS) is 14.7. The van der Waals surface area contributed by atoms with Gasteiger partial charge in [-0.3, -0.25) is 18.8 Å². The van der Waals surface area contributed by atoms with E-state index in [9.17, 15) is 18.9 Å². The number of aromatic nitrogens is 1. The number of carbonyl (C=O) groups is 2. The Hall–Kier alpha value is -3.98. The second kappa shape index (κ2) is 11.4. The Labute approximate surface area is 205 Å². The van der Waals surface area contributed by atoms with E-state index in [1.54, 1.807) is 60.8 Å². The third-order valence-electron chi connectivity index (χ3n) is 5.48. The summed E-state index contributed by atoms with van der Waals surface area (Å²) in [5.41, 5.74) is 2.12. The van der Waals surface area contributed by atoms with E-state index in [1.165, 1.54) is 6.20 Å². The van der Waals surface area contributed by atoms with Crippen LogP contribution < -0.4 is 16.0 Å². The Kier molecular flexibility index (Phi) is 7.89. The van der Waals surface area contributed by atoms with Gasteiger partial charge in [-0.15, -0.1) is 0 Å². The zero-order chi connectivity index (χ0) is 24.6. The van der Waals surface area contributed by atoms with Gasteiger partial charge >= 0.3 is 5.97 Å². The van der Waals surface area contributed by atoms with Crippen molar-refractivity contribution < 1.29 is 18.9 Å². The smallest absolute Gasteiger partial charge is 0.304 e. The van der Waals surface area contributed by atoms with Crippen LogP contribution in [0.2, 0.25) is 0 Å². The number of nitrogens with zero attached hydrogens (tertiary/aromatic N) is 1. The zero-order valence-corrected chi connectivity index (χ0v) is 19.8. The Morgan fingerprint density at radius 1 is 1.11 bits per heavy atom. The first-order valence-electron chi connectivity index (χ1n) is 11.2. The quantitative estimate of drug-likeness (QED) is 0.353. The number of carboxylic acids is 1. The van der Waals surface area contributed by atoms with Gasteiger partial charge in [-0.1, -0.05) is 24.3 Å². The zero-order valence-electron chi connectivity index (χ0n) is 18.9. The SMILES string of the molecule is O=C(O)CC(c1cccnc1)S(=O)c1ccccc1NC(=O)c1cccc(NC2=CCCCN2)c1. The van der Waals surface area contributed by atoms with Crippen LogP contribution in [0, 0.1) is 0 Å². The number of pyridine rings is 1. The summed E-state index contributed by atoms with van der Waals surface area (Å²) in [7, 11) is -1.75. The van der Waals surface area contributed by atoms with Gasteiger partial charge in [0.05, 0.1) is 38.9 Å². The predicted molar refractivity (Wildman–Crippen MR) is 135 cm³/mol. The fourth-order valence-electron chi connectivity index (χ4n) is 3.77. The molecule has 0 saturated heterocycles. The number of aliphatic carboxylic acids is 1. The number of allylic oxidation sites excluding steroid dienone is 1. The number of rotatable bonds is 9. The molecule has 2 aromatic carbocycles. The molecule has 4 rings (SSSR count). The lowest BCUT2D eigenvalue weighted by Crippen LogP contribution is -2.24. The molecule has 1 aromatic heterocycles. The molecule has 2 unspecified atom stereocenters. The summed E-state index contributed by atoms with van der Waals surface area (Å²) in [6, 6.07) is 17.2. The number of nitrogens with one attached hydrogen (secondary N) is 3. The average Bonchev–Trinajstić information content (AvgIpc) is 2.88. The third-order valence-corrected chi connectivity index (χ3v) is 7.22. The van der Waals surface area contributed by atoms with Gasteiger partial charge in [0.1, 0.15) is 0 Å². The minimum absolute atomic E-state index is 0.335. The lowest BCUT2D eigenvalue weighted by molar-refractivity contribution is -0.137. The maximum Gasteiger partial charge on any atom is 0.304 e. The molecule has 0 aliphatic carbocycles. The van der Waals surface area contributed by atoms with Crippen molar-refractivity contribution in [2.45, 2.75) is 29.4 Å². The van der Waals surface area contributed by atoms with Crippen molar-refractivity contribution in [1.29, 1.82) is 0 Å². The molecule has 0 bridgehead atoms. The topological polar surface area (TPSA) is 120 Å². The van der Waals surface area contributed by atoms with E-state index in [4.69, 9.17) is 0 Å². The lowest BCUT2D eigenvalue weighted by Gasteiger charge is -2.18. The summed E-state index contributed by atoms with van der Waals surface area (Å²) in [5.74, 6) is -0.519. The first-order chi connectivity index (χ1) is 17.0. The molecule has 8 nitrogen and oxygen atoms in total. The molecule has 1 aliphatic heterocycles. The Balaban J connectivity index is 1.56. The summed E-state index contributed by atoms with van der Waals surface area (Å²) in [5, 5.41) is 18.0. The van der Waals surface area contributed by atoms with Gasteiger partial charge in [-0.2, -0.15) is 0 Å². The summed E-state index contributed by atoms with van der Waals surface area (Å²) >= 11 is 0. The van der Waals surface area contributed by atoms with Gasteiger partial charge in [0.25, 0.3) is 5.91 Å². The van der Waals surface area contributed by atoms with E-state index in [1.807, 2.05) is 6.07 Å². The molecule has 4 N–H and O–H groups in total. The van der Waals surface area contributed by atoms with Crippen LogP contribution in [0.25, 0.3) is 0 Å². The van der Waals surface area contributed by atoms with Gasteiger partial charge < -0.3 is 21.1 Å². The van der Waals surface area contributed by atoms with E-state index in [0.29, 0.717) is 21.7 Å². The maximum absolute atomic E-state index is 13.5. The number of anilines is 2. The van der Waals surface area contributed by atoms with Gasteiger partial charge in [-0.25, -0.2) is 0 Å². The number of para-hydroxylation sites is 1. The summed E-state index contributed by atoms with van der Waals surface area (Å²) < 4.78 is 13.5. The van der Waals surface area contributed by atoms with Crippen LogP contribution in [0.1, 0.15) is 40.4 Å². The van der Waals surface area contributed by atoms with Crippen molar-refractivity contribution >= 4 is 34.1 Å². The molecule has 1 amide bonds. The Morgan fingerprint density at radius 3 is 2.71 bits per heavy atom. The first kappa shape index (κ1) is 24.2. The van der Waals surface area contributed by atoms with Crippen molar-refractivity contribution in [2.75, 3.05) is 17.2 Å². The molecular weight excluding hydrogens is 464 g/mol. The summed E-state index contributed by atoms with van der Waals surface area (Å²) in [6.07, 6.45) is 6.91. The van der Waals surface area contributed by atoms with Crippen LogP contribution in [0.3, 0.4) is 0 Å². The standard InChI is InChI=1S/C26H26N4O4S/c31-25(32)16-23(19-8-6-13-27-17-19)35(34)22-11-2-1-10-21(22)30-26(33)18-7-5-9-20(15-18)29-24-12-3-4-14-28-24/h1-2,5-13,15,17,23,28-29H,3-4,14,16H2,(H,30,33)(H,31,32). The van der Waals surface area contributed by atoms with Crippen molar-refractivity contribution in [3.8, 4) is 0 Å². The van der Waals surface area contributed by atoms with Gasteiger partial charge in [0, 0.05) is 30.2 Å². The monoisotopic (exact) mass is 490 g/mol. The highest BCUT2D eigenvalue weighted by Crippen LogP contribution is 2.32. The highest BCUT2D eigenvalue weighted by atomic mass is 32.2. The van der Waals surface area contributed by atoms with Crippen LogP contribution in [0.15, 0.2) is 89.8 Å². The van der Waals surface area contributed by atoms with Crippen molar-refractivity contribution in [1.82, 2.24) is 10.3 Å². The van der Waals surface area contributed by atoms with Gasteiger partial charge in [0.15, 0.2) is 0 Å². The number of amides is 1. The molecule has 9 heteroatoms. The highest BCUT2D eigenvalue weighted by molar-refractivity contribution is 7.85. The van der Waals surface area contributed by atoms with Crippen molar-refractivity contribution in [2.24, 2.45) is 0 Å². The van der Waals surface area contributed by atoms with Crippen LogP contribution in [-0.2, 0) is 15.6 Å². The lowest BCUT2D eigenvalue weighted by atomic mass is 10.1. The van der Waals surface area contributed by atoms with Crippen molar-refractivity contribution in [3.63, 3.8) is 0 Å². The largest absolute Gasteiger partial charge is 0.481 e. The van der Waals surface area contributed by atoms with Gasteiger partial charge in [-0.05, 0) is 60.9 Å². The molecule has 180 valence electrons. The Bertz CT molecular complexity index is 1260. The first-order valence-corrected chi connectivity index (χ1v) is 12.5. The molecular formula is C26H26N4O4S. The minimum Gasteiger partial charge on any atom is -0.481 e. The minimum atomic E-state index is -1.75. The van der Waals surface area contributed by atoms with E-state index >= 15 is 0 Å². The number of hydrogen-bond donors (Lipinski definition) is 4. The fraction of sp³-hybridized carbons (Fsp3) is 0.192. The van der Waals surface area contributed by atoms with Crippen LogP contribution in [0.4, 0.5) is 11.4 Å². The molecule has 3 aromatic rings. The Morgan fingerprint density at radius 2 is 1.97 bits per heavy atom. The van der Waals surface area contributed by atoms with Crippen molar-refractivity contribution in [3.05, 3.63) is 96.1 Å². The maximum atomic E-state index is 13.5. The third kappa shape index (κ3) is 6.33. The molecule has 35 heavy (non-hydrogen) atoms. The summed E-state index contributed by atoms with van der Waals surface area (Å²) in [4.78, 5) is 29.0. The second-order valence-corrected chi connectivity index (χ2v) is 9.62. The molecule has 0 radical (unpaired) electrons. The number of hydrogen-bond acceptors (Lipinski definition) is 6. The molecule has 0 spiro atoms. The van der Waals surface area contributed by atoms with E-state index in [2.05, 4.69) is 27.0 Å². The van der Waals surface area contributed by atoms with E-state index in [-0.39, 0.29) is 12.3 Å². The average molecular weight is 491 g/mol. The molecule has 0 fully saturated rings. The second-order valence-electron chi connectivity index (χ2n) is 8.01. The van der Waals surface area contributed by atoms with E-state index in [0.717, 1.165) is 30.9 Å². The number of carboxylic acid groups (broad SMARTS) is 1. The molecule has 0 saturated carbocycles. The molecule has 2 heterocycles. The summed E-state index contributed by atoms with van der Waals surface area (Å²) in [6.45, 7) is 0.898. The molecule has 2 atom stereocenters. The molecule has 1 aliphatic rings. The fourth-order valence-corrected chi connectivity index (χ4v) is 5.30. The predicted octanol–water partition coefficient (Wildman–Crippen LogP) is 4.29. The van der Waals surface area contributed by atoms with Crippen LogP contribution in [0.5, 0.6) is 0 Å².